The summed E-state index contributed by atoms with van der Waals surface area (Å²) < 4.78 is 14.1. The highest BCUT2D eigenvalue weighted by atomic mass is 79.9. The number of carbonyl (C=O) groups excluding carboxylic acids is 2. The quantitative estimate of drug-likeness (QED) is 0.692. The maximum absolute atomic E-state index is 13.1. The highest BCUT2D eigenvalue weighted by Crippen LogP contribution is 2.29. The predicted molar refractivity (Wildman–Crippen MR) is 122 cm³/mol. The molecular weight excluding hydrogens is 461 g/mol. The number of hydrogen-bond donors (Lipinski definition) is 1. The number of amides is 2. The molecular formula is C24H27BrFN3O2. The zero-order valence-corrected chi connectivity index (χ0v) is 19.2. The number of hydrogen-bond acceptors (Lipinski definition) is 3. The number of nitrogens with zero attached hydrogens (tertiary/aromatic N) is 2. The Morgan fingerprint density at radius 3 is 2.55 bits per heavy atom. The second-order valence-electron chi connectivity index (χ2n) is 8.52. The lowest BCUT2D eigenvalue weighted by atomic mass is 10.0. The van der Waals surface area contributed by atoms with Gasteiger partial charge in [0, 0.05) is 48.8 Å². The molecule has 7 heteroatoms. The molecule has 5 nitrogen and oxygen atoms in total. The zero-order valence-electron chi connectivity index (χ0n) is 17.6. The van der Waals surface area contributed by atoms with Crippen molar-refractivity contribution >= 4 is 33.4 Å². The molecule has 0 spiro atoms. The minimum absolute atomic E-state index is 0.00371. The van der Waals surface area contributed by atoms with Crippen LogP contribution in [0.15, 0.2) is 46.9 Å². The SMILES string of the molecule is Cc1cc(N2CC(C(=O)NC3CCN(Cc4ccc(F)cc4)CC3)CC2=O)ccc1Br. The van der Waals surface area contributed by atoms with Gasteiger partial charge >= 0.3 is 0 Å². The number of carbonyl (C=O) groups is 2. The summed E-state index contributed by atoms with van der Waals surface area (Å²) in [6, 6.07) is 12.6. The molecule has 2 aromatic carbocycles. The molecule has 0 aliphatic carbocycles. The fourth-order valence-corrected chi connectivity index (χ4v) is 4.58. The van der Waals surface area contributed by atoms with Gasteiger partial charge in [-0.25, -0.2) is 4.39 Å². The van der Waals surface area contributed by atoms with Gasteiger partial charge in [-0.1, -0.05) is 28.1 Å². The second kappa shape index (κ2) is 9.49. The maximum Gasteiger partial charge on any atom is 0.227 e. The van der Waals surface area contributed by atoms with Gasteiger partial charge < -0.3 is 10.2 Å². The van der Waals surface area contributed by atoms with Crippen LogP contribution in [0, 0.1) is 18.7 Å². The molecule has 2 heterocycles. The largest absolute Gasteiger partial charge is 0.353 e. The van der Waals surface area contributed by atoms with Crippen molar-refractivity contribution in [1.29, 1.82) is 0 Å². The minimum Gasteiger partial charge on any atom is -0.353 e. The van der Waals surface area contributed by atoms with E-state index in [0.29, 0.717) is 6.54 Å². The second-order valence-corrected chi connectivity index (χ2v) is 9.38. The summed E-state index contributed by atoms with van der Waals surface area (Å²) in [6.07, 6.45) is 2.01. The first-order chi connectivity index (χ1) is 14.9. The van der Waals surface area contributed by atoms with E-state index in [0.717, 1.165) is 53.8 Å². The molecule has 2 aliphatic heterocycles. The lowest BCUT2D eigenvalue weighted by Gasteiger charge is -2.32. The number of anilines is 1. The molecule has 31 heavy (non-hydrogen) atoms. The molecule has 1 unspecified atom stereocenters. The summed E-state index contributed by atoms with van der Waals surface area (Å²) in [6.45, 7) is 4.97. The van der Waals surface area contributed by atoms with E-state index in [9.17, 15) is 14.0 Å². The van der Waals surface area contributed by atoms with Crippen molar-refractivity contribution in [1.82, 2.24) is 10.2 Å². The van der Waals surface area contributed by atoms with Crippen molar-refractivity contribution in [2.24, 2.45) is 5.92 Å². The molecule has 0 radical (unpaired) electrons. The number of benzene rings is 2. The fraction of sp³-hybridized carbons (Fsp3) is 0.417. The van der Waals surface area contributed by atoms with Gasteiger partial charge in [0.1, 0.15) is 5.82 Å². The van der Waals surface area contributed by atoms with Gasteiger partial charge in [0.25, 0.3) is 0 Å². The van der Waals surface area contributed by atoms with Crippen LogP contribution in [-0.2, 0) is 16.1 Å². The lowest BCUT2D eigenvalue weighted by molar-refractivity contribution is -0.127. The first kappa shape index (κ1) is 22.0. The molecule has 2 saturated heterocycles. The van der Waals surface area contributed by atoms with Gasteiger partial charge in [0.05, 0.1) is 5.92 Å². The van der Waals surface area contributed by atoms with Gasteiger partial charge in [-0.3, -0.25) is 14.5 Å². The number of rotatable bonds is 5. The first-order valence-electron chi connectivity index (χ1n) is 10.7. The van der Waals surface area contributed by atoms with Crippen LogP contribution in [-0.4, -0.2) is 42.4 Å². The third-order valence-electron chi connectivity index (χ3n) is 6.20. The number of halogens is 2. The number of piperidine rings is 1. The summed E-state index contributed by atoms with van der Waals surface area (Å²) in [4.78, 5) is 29.4. The molecule has 2 aliphatic rings. The zero-order chi connectivity index (χ0) is 22.0. The van der Waals surface area contributed by atoms with Crippen molar-refractivity contribution in [3.8, 4) is 0 Å². The van der Waals surface area contributed by atoms with E-state index >= 15 is 0 Å². The molecule has 2 aromatic rings. The van der Waals surface area contributed by atoms with Crippen LogP contribution in [0.1, 0.15) is 30.4 Å². The summed E-state index contributed by atoms with van der Waals surface area (Å²) in [5.41, 5.74) is 3.00. The highest BCUT2D eigenvalue weighted by molar-refractivity contribution is 9.10. The van der Waals surface area contributed by atoms with Crippen LogP contribution in [0.3, 0.4) is 0 Å². The summed E-state index contributed by atoms with van der Waals surface area (Å²) in [7, 11) is 0. The first-order valence-corrected chi connectivity index (χ1v) is 11.5. The summed E-state index contributed by atoms with van der Waals surface area (Å²) >= 11 is 3.48. The maximum atomic E-state index is 13.1. The number of aryl methyl sites for hydroxylation is 1. The van der Waals surface area contributed by atoms with E-state index in [2.05, 4.69) is 26.1 Å². The van der Waals surface area contributed by atoms with Crippen molar-refractivity contribution in [3.63, 3.8) is 0 Å². The summed E-state index contributed by atoms with van der Waals surface area (Å²) in [5.74, 6) is -0.559. The van der Waals surface area contributed by atoms with Crippen molar-refractivity contribution < 1.29 is 14.0 Å². The Kier molecular flexibility index (Phi) is 6.72. The Balaban J connectivity index is 1.27. The fourth-order valence-electron chi connectivity index (χ4n) is 4.33. The topological polar surface area (TPSA) is 52.7 Å². The molecule has 2 fully saturated rings. The molecule has 2 amide bonds. The number of likely N-dealkylation sites (tertiary alicyclic amines) is 1. The molecule has 1 N–H and O–H groups in total. The monoisotopic (exact) mass is 487 g/mol. The van der Waals surface area contributed by atoms with Gasteiger partial charge in [0.2, 0.25) is 11.8 Å². The lowest BCUT2D eigenvalue weighted by Crippen LogP contribution is -2.46. The highest BCUT2D eigenvalue weighted by Gasteiger charge is 2.36. The predicted octanol–water partition coefficient (Wildman–Crippen LogP) is 4.03. The minimum atomic E-state index is -0.311. The van der Waals surface area contributed by atoms with Crippen LogP contribution in [0.25, 0.3) is 0 Å². The van der Waals surface area contributed by atoms with Gasteiger partial charge in [-0.15, -0.1) is 0 Å². The van der Waals surface area contributed by atoms with E-state index in [4.69, 9.17) is 0 Å². The molecule has 4 rings (SSSR count). The van der Waals surface area contributed by atoms with Gasteiger partial charge in [0.15, 0.2) is 0 Å². The average Bonchev–Trinajstić information content (AvgIpc) is 3.15. The third-order valence-corrected chi connectivity index (χ3v) is 7.09. The standard InChI is InChI=1S/C24H27BrFN3O2/c1-16-12-21(6-7-22(16)25)29-15-18(13-23(29)30)24(31)27-20-8-10-28(11-9-20)14-17-2-4-19(26)5-3-17/h2-7,12,18,20H,8-11,13-15H2,1H3,(H,27,31). The summed E-state index contributed by atoms with van der Waals surface area (Å²) in [5, 5.41) is 3.16. The molecule has 1 atom stereocenters. The van der Waals surface area contributed by atoms with E-state index in [-0.39, 0.29) is 36.0 Å². The van der Waals surface area contributed by atoms with Crippen LogP contribution in [0.2, 0.25) is 0 Å². The number of nitrogens with one attached hydrogen (secondary N) is 1. The van der Waals surface area contributed by atoms with Crippen LogP contribution in [0.5, 0.6) is 0 Å². The smallest absolute Gasteiger partial charge is 0.227 e. The van der Waals surface area contributed by atoms with Crippen molar-refractivity contribution in [2.75, 3.05) is 24.5 Å². The van der Waals surface area contributed by atoms with Gasteiger partial charge in [-0.2, -0.15) is 0 Å². The van der Waals surface area contributed by atoms with Crippen molar-refractivity contribution in [2.45, 2.75) is 38.8 Å². The Morgan fingerprint density at radius 1 is 1.16 bits per heavy atom. The van der Waals surface area contributed by atoms with E-state index in [1.165, 1.54) is 12.1 Å². The normalized spacial score (nSPS) is 20.3. The van der Waals surface area contributed by atoms with Crippen LogP contribution >= 0.6 is 15.9 Å². The Morgan fingerprint density at radius 2 is 1.87 bits per heavy atom. The Labute approximate surface area is 190 Å². The van der Waals surface area contributed by atoms with Crippen molar-refractivity contribution in [3.05, 3.63) is 63.9 Å². The Hall–Kier alpha value is -2.25. The Bertz CT molecular complexity index is 958. The van der Waals surface area contributed by atoms with Crippen LogP contribution in [0.4, 0.5) is 10.1 Å². The molecule has 0 bridgehead atoms. The van der Waals surface area contributed by atoms with E-state index in [1.807, 2.05) is 37.3 Å². The molecule has 0 aromatic heterocycles. The van der Waals surface area contributed by atoms with E-state index in [1.54, 1.807) is 4.90 Å². The molecule has 164 valence electrons. The molecule has 0 saturated carbocycles. The van der Waals surface area contributed by atoms with Crippen LogP contribution < -0.4 is 10.2 Å². The average molecular weight is 488 g/mol. The third kappa shape index (κ3) is 5.33. The van der Waals surface area contributed by atoms with Gasteiger partial charge in [-0.05, 0) is 61.2 Å². The van der Waals surface area contributed by atoms with E-state index < -0.39 is 0 Å².